The van der Waals surface area contributed by atoms with Gasteiger partial charge in [0, 0.05) is 28.9 Å². The standard InChI is InChI=1S/C24H30O5/c1-15(2)19-9-5-16(3)24(4,20(19)10-11-22(25)26)14-28-18-8-6-17-7-12-23(27)29-21(17)13-18/h6-8,12-13,16,20H,5,9-11,14H2,1-4H3,(H,25,26)/p-1/t16-,20-,24-/m0/s1. The van der Waals surface area contributed by atoms with Crippen LogP contribution >= 0.6 is 0 Å². The predicted octanol–water partition coefficient (Wildman–Crippen LogP) is 4.09. The Bertz CT molecular complexity index is 982. The van der Waals surface area contributed by atoms with Crippen molar-refractivity contribution in [2.45, 2.75) is 53.4 Å². The molecule has 3 atom stereocenters. The number of allylic oxidation sites excluding steroid dienone is 2. The van der Waals surface area contributed by atoms with Crippen LogP contribution in [0.3, 0.4) is 0 Å². The van der Waals surface area contributed by atoms with Crippen molar-refractivity contribution in [3.8, 4) is 5.75 Å². The van der Waals surface area contributed by atoms with Crippen molar-refractivity contribution in [1.82, 2.24) is 0 Å². The second-order valence-electron chi connectivity index (χ2n) is 8.68. The van der Waals surface area contributed by atoms with Crippen molar-refractivity contribution in [2.24, 2.45) is 17.3 Å². The van der Waals surface area contributed by atoms with Gasteiger partial charge in [0.1, 0.15) is 11.3 Å². The van der Waals surface area contributed by atoms with Gasteiger partial charge in [-0.1, -0.05) is 25.0 Å². The molecular weight excluding hydrogens is 368 g/mol. The molecule has 1 aromatic carbocycles. The van der Waals surface area contributed by atoms with E-state index in [9.17, 15) is 14.7 Å². The second-order valence-corrected chi connectivity index (χ2v) is 8.68. The van der Waals surface area contributed by atoms with E-state index >= 15 is 0 Å². The zero-order valence-electron chi connectivity index (χ0n) is 17.6. The number of fused-ring (bicyclic) bond motifs is 1. The van der Waals surface area contributed by atoms with Gasteiger partial charge in [-0.25, -0.2) is 4.79 Å². The van der Waals surface area contributed by atoms with E-state index in [1.807, 2.05) is 12.1 Å². The third-order valence-corrected chi connectivity index (χ3v) is 6.61. The van der Waals surface area contributed by atoms with Gasteiger partial charge in [-0.3, -0.25) is 0 Å². The first-order chi connectivity index (χ1) is 13.7. The molecule has 0 N–H and O–H groups in total. The van der Waals surface area contributed by atoms with Crippen molar-refractivity contribution in [1.29, 1.82) is 0 Å². The summed E-state index contributed by atoms with van der Waals surface area (Å²) in [6.07, 6.45) is 2.65. The van der Waals surface area contributed by atoms with Crippen molar-refractivity contribution in [3.63, 3.8) is 0 Å². The van der Waals surface area contributed by atoms with Gasteiger partial charge in [-0.15, -0.1) is 0 Å². The Morgan fingerprint density at radius 1 is 1.28 bits per heavy atom. The molecule has 156 valence electrons. The molecule has 2 aromatic rings. The molecule has 1 aliphatic rings. The van der Waals surface area contributed by atoms with Crippen molar-refractivity contribution < 1.29 is 19.1 Å². The fraction of sp³-hybridized carbons (Fsp3) is 0.500. The lowest BCUT2D eigenvalue weighted by atomic mass is 9.58. The van der Waals surface area contributed by atoms with Crippen LogP contribution in [-0.2, 0) is 4.79 Å². The number of ether oxygens (including phenoxy) is 1. The summed E-state index contributed by atoms with van der Waals surface area (Å²) in [6, 6.07) is 8.61. The topological polar surface area (TPSA) is 79.6 Å². The maximum Gasteiger partial charge on any atom is 0.336 e. The Morgan fingerprint density at radius 3 is 2.69 bits per heavy atom. The monoisotopic (exact) mass is 397 g/mol. The summed E-state index contributed by atoms with van der Waals surface area (Å²) in [7, 11) is 0. The SMILES string of the molecule is CC(C)=C1CC[C@H](C)[C@](C)(COc2ccc3ccc(=O)oc3c2)[C@H]1CCC(=O)[O-]. The zero-order valence-corrected chi connectivity index (χ0v) is 17.6. The van der Waals surface area contributed by atoms with Gasteiger partial charge in [-0.05, 0) is 69.6 Å². The van der Waals surface area contributed by atoms with Crippen LogP contribution in [0.15, 0.2) is 50.7 Å². The molecule has 5 nitrogen and oxygen atoms in total. The number of hydrogen-bond donors (Lipinski definition) is 0. The average molecular weight is 397 g/mol. The highest BCUT2D eigenvalue weighted by atomic mass is 16.5. The van der Waals surface area contributed by atoms with E-state index < -0.39 is 11.6 Å². The van der Waals surface area contributed by atoms with Crippen LogP contribution < -0.4 is 15.5 Å². The first kappa shape index (κ1) is 21.2. The first-order valence-electron chi connectivity index (χ1n) is 10.2. The number of hydrogen-bond acceptors (Lipinski definition) is 5. The van der Waals surface area contributed by atoms with Crippen LogP contribution in [0.2, 0.25) is 0 Å². The summed E-state index contributed by atoms with van der Waals surface area (Å²) in [5.74, 6) is 0.149. The van der Waals surface area contributed by atoms with Crippen LogP contribution in [0.25, 0.3) is 11.0 Å². The maximum absolute atomic E-state index is 11.5. The van der Waals surface area contributed by atoms with E-state index in [1.54, 1.807) is 12.1 Å². The van der Waals surface area contributed by atoms with Gasteiger partial charge in [0.05, 0.1) is 6.61 Å². The fourth-order valence-corrected chi connectivity index (χ4v) is 4.59. The average Bonchev–Trinajstić information content (AvgIpc) is 2.66. The van der Waals surface area contributed by atoms with E-state index in [0.717, 1.165) is 18.2 Å². The molecule has 1 saturated carbocycles. The third kappa shape index (κ3) is 4.55. The van der Waals surface area contributed by atoms with E-state index in [1.165, 1.54) is 17.2 Å². The number of carbonyl (C=O) groups excluding carboxylic acids is 1. The van der Waals surface area contributed by atoms with Crippen molar-refractivity contribution >= 4 is 16.9 Å². The highest BCUT2D eigenvalue weighted by Crippen LogP contribution is 2.50. The van der Waals surface area contributed by atoms with E-state index in [-0.39, 0.29) is 17.8 Å². The number of aliphatic carboxylic acids is 1. The second kappa shape index (κ2) is 8.44. The Labute approximate surface area is 171 Å². The van der Waals surface area contributed by atoms with Crippen molar-refractivity contribution in [3.05, 3.63) is 51.9 Å². The van der Waals surface area contributed by atoms with Crippen LogP contribution in [0.4, 0.5) is 0 Å². The molecule has 0 radical (unpaired) electrons. The highest BCUT2D eigenvalue weighted by molar-refractivity contribution is 5.77. The number of carboxylic acid groups (broad SMARTS) is 1. The summed E-state index contributed by atoms with van der Waals surface area (Å²) in [4.78, 5) is 22.6. The summed E-state index contributed by atoms with van der Waals surface area (Å²) in [5.41, 5.74) is 2.51. The van der Waals surface area contributed by atoms with Crippen LogP contribution in [0, 0.1) is 17.3 Å². The minimum atomic E-state index is -1.01. The molecule has 0 bridgehead atoms. The molecule has 3 rings (SSSR count). The number of carboxylic acids is 1. The molecule has 0 unspecified atom stereocenters. The summed E-state index contributed by atoms with van der Waals surface area (Å²) < 4.78 is 11.4. The van der Waals surface area contributed by atoms with E-state index in [4.69, 9.17) is 9.15 Å². The molecule has 0 aliphatic heterocycles. The van der Waals surface area contributed by atoms with Gasteiger partial charge in [0.25, 0.3) is 0 Å². The summed E-state index contributed by atoms with van der Waals surface area (Å²) in [5, 5.41) is 12.0. The zero-order chi connectivity index (χ0) is 21.2. The van der Waals surface area contributed by atoms with E-state index in [2.05, 4.69) is 27.7 Å². The molecular formula is C24H29O5-. The molecule has 1 aromatic heterocycles. The molecule has 5 heteroatoms. The molecule has 0 amide bonds. The Balaban J connectivity index is 1.87. The Morgan fingerprint density at radius 2 is 2.00 bits per heavy atom. The predicted molar refractivity (Wildman–Crippen MR) is 111 cm³/mol. The van der Waals surface area contributed by atoms with Gasteiger partial charge >= 0.3 is 5.63 Å². The lowest BCUT2D eigenvalue weighted by molar-refractivity contribution is -0.306. The number of rotatable bonds is 6. The number of benzene rings is 1. The molecule has 0 saturated heterocycles. The summed E-state index contributed by atoms with van der Waals surface area (Å²) in [6.45, 7) is 9.08. The first-order valence-corrected chi connectivity index (χ1v) is 10.2. The fourth-order valence-electron chi connectivity index (χ4n) is 4.59. The molecule has 29 heavy (non-hydrogen) atoms. The molecule has 1 fully saturated rings. The van der Waals surface area contributed by atoms with Gasteiger partial charge in [-0.2, -0.15) is 0 Å². The third-order valence-electron chi connectivity index (χ3n) is 6.61. The van der Waals surface area contributed by atoms with Crippen molar-refractivity contribution in [2.75, 3.05) is 6.61 Å². The van der Waals surface area contributed by atoms with Crippen LogP contribution in [0.1, 0.15) is 53.4 Å². The molecule has 1 aliphatic carbocycles. The lowest BCUT2D eigenvalue weighted by Gasteiger charge is -2.48. The Hall–Kier alpha value is -2.56. The minimum Gasteiger partial charge on any atom is -0.550 e. The van der Waals surface area contributed by atoms with Crippen LogP contribution in [-0.4, -0.2) is 12.6 Å². The van der Waals surface area contributed by atoms with E-state index in [0.29, 0.717) is 30.3 Å². The highest BCUT2D eigenvalue weighted by Gasteiger charge is 2.44. The maximum atomic E-state index is 11.5. The van der Waals surface area contributed by atoms with Gasteiger partial charge < -0.3 is 19.1 Å². The quantitative estimate of drug-likeness (QED) is 0.542. The minimum absolute atomic E-state index is 0.0465. The Kier molecular flexibility index (Phi) is 6.15. The van der Waals surface area contributed by atoms with Gasteiger partial charge in [0.2, 0.25) is 0 Å². The molecule has 0 spiro atoms. The normalized spacial score (nSPS) is 24.5. The largest absolute Gasteiger partial charge is 0.550 e. The summed E-state index contributed by atoms with van der Waals surface area (Å²) >= 11 is 0. The lowest BCUT2D eigenvalue weighted by Crippen LogP contribution is -2.44. The van der Waals surface area contributed by atoms with Gasteiger partial charge in [0.15, 0.2) is 0 Å². The smallest absolute Gasteiger partial charge is 0.336 e. The van der Waals surface area contributed by atoms with Crippen LogP contribution in [0.5, 0.6) is 5.75 Å². The number of carbonyl (C=O) groups is 1. The molecule has 1 heterocycles.